The average Bonchev–Trinajstić information content (AvgIpc) is 3.56. The highest BCUT2D eigenvalue weighted by atomic mass is 16.5. The van der Waals surface area contributed by atoms with Gasteiger partial charge in [-0.1, -0.05) is 30.3 Å². The third-order valence-electron chi connectivity index (χ3n) is 5.91. The van der Waals surface area contributed by atoms with Gasteiger partial charge in [0, 0.05) is 38.1 Å². The lowest BCUT2D eigenvalue weighted by atomic mass is 10.0. The minimum absolute atomic E-state index is 0.232. The Morgan fingerprint density at radius 2 is 1.94 bits per heavy atom. The number of nitrogens with one attached hydrogen (secondary N) is 2. The van der Waals surface area contributed by atoms with Crippen LogP contribution in [0.4, 0.5) is 0 Å². The Hall–Kier alpha value is -3.32. The lowest BCUT2D eigenvalue weighted by Gasteiger charge is -2.30. The number of ether oxygens (including phenoxy) is 1. The quantitative estimate of drug-likeness (QED) is 0.422. The summed E-state index contributed by atoms with van der Waals surface area (Å²) >= 11 is 0. The summed E-state index contributed by atoms with van der Waals surface area (Å²) in [4.78, 5) is 6.97. The lowest BCUT2D eigenvalue weighted by molar-refractivity contribution is 0.239. The molecule has 32 heavy (non-hydrogen) atoms. The Morgan fingerprint density at radius 3 is 2.69 bits per heavy atom. The standard InChI is InChI=1S/C25H32N6O/c1-26-25(27-18-20-9-7-10-21(17-20)31-16-8-13-29-31)28-19-23(30-14-5-6-15-30)22-11-3-4-12-24(22)32-2/h3-4,7-13,16-17,23H,5-6,14-15,18-19H2,1-2H3,(H2,26,27,28). The van der Waals surface area contributed by atoms with Crippen molar-refractivity contribution in [1.82, 2.24) is 25.3 Å². The summed E-state index contributed by atoms with van der Waals surface area (Å²) in [5, 5.41) is 11.3. The highest BCUT2D eigenvalue weighted by Crippen LogP contribution is 2.31. The summed E-state index contributed by atoms with van der Waals surface area (Å²) in [5.41, 5.74) is 3.43. The smallest absolute Gasteiger partial charge is 0.191 e. The van der Waals surface area contributed by atoms with Gasteiger partial charge in [0.2, 0.25) is 0 Å². The van der Waals surface area contributed by atoms with Gasteiger partial charge in [0.1, 0.15) is 5.75 Å². The largest absolute Gasteiger partial charge is 0.496 e. The second-order valence-electron chi connectivity index (χ2n) is 7.93. The molecule has 1 saturated heterocycles. The molecule has 2 N–H and O–H groups in total. The van der Waals surface area contributed by atoms with E-state index in [2.05, 4.69) is 62.0 Å². The van der Waals surface area contributed by atoms with Gasteiger partial charge in [-0.15, -0.1) is 0 Å². The van der Waals surface area contributed by atoms with Crippen molar-refractivity contribution in [3.8, 4) is 11.4 Å². The number of aliphatic imine (C=N–C) groups is 1. The minimum Gasteiger partial charge on any atom is -0.496 e. The highest BCUT2D eigenvalue weighted by Gasteiger charge is 2.26. The molecule has 0 amide bonds. The molecule has 1 unspecified atom stereocenters. The zero-order chi connectivity index (χ0) is 22.2. The maximum atomic E-state index is 5.66. The van der Waals surface area contributed by atoms with E-state index < -0.39 is 0 Å². The molecule has 0 bridgehead atoms. The summed E-state index contributed by atoms with van der Waals surface area (Å²) in [6.07, 6.45) is 6.22. The molecule has 0 saturated carbocycles. The van der Waals surface area contributed by atoms with Crippen molar-refractivity contribution in [1.29, 1.82) is 0 Å². The first-order valence-electron chi connectivity index (χ1n) is 11.2. The molecular weight excluding hydrogens is 400 g/mol. The van der Waals surface area contributed by atoms with Crippen molar-refractivity contribution in [2.45, 2.75) is 25.4 Å². The Labute approximate surface area is 190 Å². The van der Waals surface area contributed by atoms with E-state index in [4.69, 9.17) is 4.74 Å². The zero-order valence-corrected chi connectivity index (χ0v) is 18.9. The summed E-state index contributed by atoms with van der Waals surface area (Å²) in [5.74, 6) is 1.72. The molecule has 7 nitrogen and oxygen atoms in total. The van der Waals surface area contributed by atoms with Gasteiger partial charge < -0.3 is 15.4 Å². The first-order valence-corrected chi connectivity index (χ1v) is 11.2. The molecule has 1 aliphatic heterocycles. The van der Waals surface area contributed by atoms with Crippen LogP contribution in [0.3, 0.4) is 0 Å². The van der Waals surface area contributed by atoms with E-state index in [0.717, 1.165) is 37.0 Å². The van der Waals surface area contributed by atoms with E-state index in [9.17, 15) is 0 Å². The Kier molecular flexibility index (Phi) is 7.40. The molecule has 3 aromatic rings. The first kappa shape index (κ1) is 21.9. The van der Waals surface area contributed by atoms with Gasteiger partial charge in [0.05, 0.1) is 18.8 Å². The lowest BCUT2D eigenvalue weighted by Crippen LogP contribution is -2.42. The Bertz CT molecular complexity index is 1010. The van der Waals surface area contributed by atoms with E-state index in [-0.39, 0.29) is 6.04 Å². The van der Waals surface area contributed by atoms with E-state index in [1.165, 1.54) is 24.0 Å². The van der Waals surface area contributed by atoms with Crippen LogP contribution in [0.15, 0.2) is 72.0 Å². The number of benzene rings is 2. The van der Waals surface area contributed by atoms with Crippen LogP contribution in [0, 0.1) is 0 Å². The maximum absolute atomic E-state index is 5.66. The molecule has 1 fully saturated rings. The number of guanidine groups is 1. The maximum Gasteiger partial charge on any atom is 0.191 e. The number of rotatable bonds is 8. The monoisotopic (exact) mass is 432 g/mol. The predicted molar refractivity (Wildman–Crippen MR) is 128 cm³/mol. The number of hydrogen-bond donors (Lipinski definition) is 2. The average molecular weight is 433 g/mol. The molecule has 1 aromatic heterocycles. The van der Waals surface area contributed by atoms with Crippen LogP contribution < -0.4 is 15.4 Å². The van der Waals surface area contributed by atoms with Crippen LogP contribution in [-0.2, 0) is 6.54 Å². The second kappa shape index (κ2) is 10.8. The molecule has 168 valence electrons. The predicted octanol–water partition coefficient (Wildman–Crippen LogP) is 3.38. The van der Waals surface area contributed by atoms with Gasteiger partial charge >= 0.3 is 0 Å². The molecule has 4 rings (SSSR count). The number of nitrogens with zero attached hydrogens (tertiary/aromatic N) is 4. The fraction of sp³-hybridized carbons (Fsp3) is 0.360. The normalized spacial score (nSPS) is 15.5. The number of aromatic nitrogens is 2. The van der Waals surface area contributed by atoms with Crippen molar-refractivity contribution in [2.75, 3.05) is 33.8 Å². The van der Waals surface area contributed by atoms with Crippen LogP contribution in [0.2, 0.25) is 0 Å². The molecule has 2 aromatic carbocycles. The van der Waals surface area contributed by atoms with E-state index in [0.29, 0.717) is 6.54 Å². The van der Waals surface area contributed by atoms with E-state index in [1.807, 2.05) is 36.1 Å². The molecule has 1 atom stereocenters. The van der Waals surface area contributed by atoms with Gasteiger partial charge in [-0.2, -0.15) is 5.10 Å². The fourth-order valence-electron chi connectivity index (χ4n) is 4.26. The fourth-order valence-corrected chi connectivity index (χ4v) is 4.26. The first-order chi connectivity index (χ1) is 15.8. The van der Waals surface area contributed by atoms with Gasteiger partial charge in [-0.05, 0) is 55.8 Å². The minimum atomic E-state index is 0.232. The van der Waals surface area contributed by atoms with E-state index >= 15 is 0 Å². The highest BCUT2D eigenvalue weighted by molar-refractivity contribution is 5.79. The van der Waals surface area contributed by atoms with Crippen molar-refractivity contribution in [2.24, 2.45) is 4.99 Å². The number of para-hydroxylation sites is 1. The van der Waals surface area contributed by atoms with Crippen molar-refractivity contribution < 1.29 is 4.74 Å². The molecule has 1 aliphatic rings. The Morgan fingerprint density at radius 1 is 1.09 bits per heavy atom. The van der Waals surface area contributed by atoms with Crippen LogP contribution in [-0.4, -0.2) is 54.4 Å². The number of methoxy groups -OCH3 is 1. The van der Waals surface area contributed by atoms with Gasteiger partial charge in [-0.3, -0.25) is 9.89 Å². The van der Waals surface area contributed by atoms with Crippen molar-refractivity contribution in [3.05, 3.63) is 78.1 Å². The molecule has 2 heterocycles. The van der Waals surface area contributed by atoms with Crippen molar-refractivity contribution >= 4 is 5.96 Å². The van der Waals surface area contributed by atoms with E-state index in [1.54, 1.807) is 13.3 Å². The van der Waals surface area contributed by atoms with Gasteiger partial charge in [0.15, 0.2) is 5.96 Å². The molecule has 0 radical (unpaired) electrons. The summed E-state index contributed by atoms with van der Waals surface area (Å²) < 4.78 is 7.52. The van der Waals surface area contributed by atoms with Crippen LogP contribution in [0.25, 0.3) is 5.69 Å². The van der Waals surface area contributed by atoms with Gasteiger partial charge in [-0.25, -0.2) is 4.68 Å². The van der Waals surface area contributed by atoms with Crippen LogP contribution in [0.5, 0.6) is 5.75 Å². The van der Waals surface area contributed by atoms with Crippen LogP contribution in [0.1, 0.15) is 30.0 Å². The molecule has 0 aliphatic carbocycles. The summed E-state index contributed by atoms with van der Waals surface area (Å²) in [6.45, 7) is 3.65. The number of likely N-dealkylation sites (tertiary alicyclic amines) is 1. The number of hydrogen-bond acceptors (Lipinski definition) is 4. The molecular formula is C25H32N6O. The zero-order valence-electron chi connectivity index (χ0n) is 18.9. The summed E-state index contributed by atoms with van der Waals surface area (Å²) in [6, 6.07) is 18.8. The van der Waals surface area contributed by atoms with Gasteiger partial charge in [0.25, 0.3) is 0 Å². The third kappa shape index (κ3) is 5.29. The molecule has 0 spiro atoms. The van der Waals surface area contributed by atoms with Crippen molar-refractivity contribution in [3.63, 3.8) is 0 Å². The van der Waals surface area contributed by atoms with Crippen LogP contribution >= 0.6 is 0 Å². The SMILES string of the molecule is CN=C(NCc1cccc(-n2cccn2)c1)NCC(c1ccccc1OC)N1CCCC1. The molecule has 7 heteroatoms. The summed E-state index contributed by atoms with van der Waals surface area (Å²) in [7, 11) is 3.55. The third-order valence-corrected chi connectivity index (χ3v) is 5.91. The topological polar surface area (TPSA) is 66.7 Å². The second-order valence-corrected chi connectivity index (χ2v) is 7.93. The Balaban J connectivity index is 1.41.